The SMILES string of the molecule is NC(=O)[O-].OC1CCc2cccc(Cl)c21.[Na+]. The van der Waals surface area contributed by atoms with Gasteiger partial charge >= 0.3 is 29.6 Å². The minimum atomic E-state index is -1.58. The molecule has 0 spiro atoms. The number of hydrogen-bond donors (Lipinski definition) is 2. The van der Waals surface area contributed by atoms with Crippen LogP contribution >= 0.6 is 11.6 Å². The molecule has 1 amide bonds. The number of benzene rings is 1. The van der Waals surface area contributed by atoms with Crippen molar-refractivity contribution in [2.75, 3.05) is 0 Å². The maximum atomic E-state index is 9.48. The number of amides is 1. The average molecular weight is 252 g/mol. The summed E-state index contributed by atoms with van der Waals surface area (Å²) in [6, 6.07) is 5.78. The fraction of sp³-hybridized carbons (Fsp3) is 0.300. The number of nitrogens with two attached hydrogens (primary N) is 1. The van der Waals surface area contributed by atoms with Crippen LogP contribution in [0.3, 0.4) is 0 Å². The van der Waals surface area contributed by atoms with E-state index in [-0.39, 0.29) is 35.7 Å². The number of carbonyl (C=O) groups is 1. The van der Waals surface area contributed by atoms with E-state index in [1.165, 1.54) is 5.56 Å². The Bertz CT molecular complexity index is 369. The molecule has 0 heterocycles. The summed E-state index contributed by atoms with van der Waals surface area (Å²) >= 11 is 5.90. The molecule has 2 rings (SSSR count). The summed E-state index contributed by atoms with van der Waals surface area (Å²) in [5.41, 5.74) is 6.05. The van der Waals surface area contributed by atoms with Gasteiger partial charge in [-0.2, -0.15) is 0 Å². The van der Waals surface area contributed by atoms with E-state index in [0.717, 1.165) is 18.4 Å². The number of hydrogen-bond acceptors (Lipinski definition) is 3. The number of primary amides is 1. The van der Waals surface area contributed by atoms with Crippen molar-refractivity contribution in [1.82, 2.24) is 0 Å². The molecule has 0 saturated carbocycles. The van der Waals surface area contributed by atoms with Crippen LogP contribution in [0.2, 0.25) is 5.02 Å². The van der Waals surface area contributed by atoms with Gasteiger partial charge in [-0.15, -0.1) is 0 Å². The van der Waals surface area contributed by atoms with Crippen LogP contribution in [-0.4, -0.2) is 11.2 Å². The molecule has 1 unspecified atom stereocenters. The molecule has 1 aromatic carbocycles. The number of carbonyl (C=O) groups excluding carboxylic acids is 1. The topological polar surface area (TPSA) is 86.4 Å². The van der Waals surface area contributed by atoms with Gasteiger partial charge in [0.25, 0.3) is 0 Å². The Morgan fingerprint density at radius 3 is 2.62 bits per heavy atom. The molecule has 16 heavy (non-hydrogen) atoms. The zero-order chi connectivity index (χ0) is 11.4. The fourth-order valence-electron chi connectivity index (χ4n) is 1.61. The number of fused-ring (bicyclic) bond motifs is 1. The van der Waals surface area contributed by atoms with Crippen LogP contribution in [-0.2, 0) is 6.42 Å². The summed E-state index contributed by atoms with van der Waals surface area (Å²) in [4.78, 5) is 8.67. The Morgan fingerprint density at radius 1 is 1.56 bits per heavy atom. The van der Waals surface area contributed by atoms with Gasteiger partial charge in [0.1, 0.15) is 6.09 Å². The molecule has 1 aliphatic carbocycles. The smallest absolute Gasteiger partial charge is 0.530 e. The minimum absolute atomic E-state index is 0. The summed E-state index contributed by atoms with van der Waals surface area (Å²) in [5, 5.41) is 18.8. The van der Waals surface area contributed by atoms with Crippen molar-refractivity contribution in [3.63, 3.8) is 0 Å². The summed E-state index contributed by atoms with van der Waals surface area (Å²) < 4.78 is 0. The third kappa shape index (κ3) is 4.31. The van der Waals surface area contributed by atoms with Gasteiger partial charge < -0.3 is 20.7 Å². The van der Waals surface area contributed by atoms with E-state index in [4.69, 9.17) is 21.5 Å². The Labute approximate surface area is 121 Å². The maximum absolute atomic E-state index is 9.48. The van der Waals surface area contributed by atoms with Crippen molar-refractivity contribution in [3.05, 3.63) is 34.3 Å². The van der Waals surface area contributed by atoms with Gasteiger partial charge in [-0.3, -0.25) is 0 Å². The van der Waals surface area contributed by atoms with Crippen LogP contribution in [0.1, 0.15) is 23.7 Å². The fourth-order valence-corrected chi connectivity index (χ4v) is 1.93. The zero-order valence-electron chi connectivity index (χ0n) is 8.94. The predicted octanol–water partition coefficient (Wildman–Crippen LogP) is -2.39. The molecular formula is C10H11ClNNaO3. The van der Waals surface area contributed by atoms with Gasteiger partial charge in [-0.1, -0.05) is 23.7 Å². The van der Waals surface area contributed by atoms with Crippen molar-refractivity contribution in [3.8, 4) is 0 Å². The molecule has 0 aliphatic heterocycles. The molecule has 0 bridgehead atoms. The monoisotopic (exact) mass is 251 g/mol. The molecule has 0 saturated heterocycles. The van der Waals surface area contributed by atoms with E-state index in [1.807, 2.05) is 18.2 Å². The second kappa shape index (κ2) is 7.14. The van der Waals surface area contributed by atoms with Crippen LogP contribution in [0, 0.1) is 0 Å². The second-order valence-corrected chi connectivity index (χ2v) is 3.59. The normalized spacial score (nSPS) is 16.5. The predicted molar refractivity (Wildman–Crippen MR) is 54.3 cm³/mol. The van der Waals surface area contributed by atoms with E-state index in [0.29, 0.717) is 5.02 Å². The third-order valence-electron chi connectivity index (χ3n) is 2.16. The molecule has 0 fully saturated rings. The van der Waals surface area contributed by atoms with Gasteiger partial charge in [0.15, 0.2) is 0 Å². The largest absolute Gasteiger partial charge is 1.00 e. The Hall–Kier alpha value is -0.260. The van der Waals surface area contributed by atoms with Crippen molar-refractivity contribution in [2.45, 2.75) is 18.9 Å². The van der Waals surface area contributed by atoms with E-state index in [9.17, 15) is 5.11 Å². The number of aliphatic hydroxyl groups is 1. The van der Waals surface area contributed by atoms with E-state index in [2.05, 4.69) is 5.73 Å². The molecule has 1 atom stereocenters. The summed E-state index contributed by atoms with van der Waals surface area (Å²) in [5.74, 6) is 0. The van der Waals surface area contributed by atoms with Crippen LogP contribution in [0.15, 0.2) is 18.2 Å². The van der Waals surface area contributed by atoms with Crippen molar-refractivity contribution < 1.29 is 44.6 Å². The second-order valence-electron chi connectivity index (χ2n) is 3.19. The number of halogens is 1. The van der Waals surface area contributed by atoms with Crippen LogP contribution in [0.25, 0.3) is 0 Å². The molecule has 82 valence electrons. The Kier molecular flexibility index (Phi) is 7.03. The van der Waals surface area contributed by atoms with Crippen LogP contribution in [0.5, 0.6) is 0 Å². The van der Waals surface area contributed by atoms with E-state index >= 15 is 0 Å². The zero-order valence-corrected chi connectivity index (χ0v) is 11.7. The molecule has 6 heteroatoms. The molecular weight excluding hydrogens is 241 g/mol. The van der Waals surface area contributed by atoms with Crippen molar-refractivity contribution >= 4 is 17.7 Å². The minimum Gasteiger partial charge on any atom is -0.530 e. The molecule has 4 nitrogen and oxygen atoms in total. The first kappa shape index (κ1) is 15.7. The Morgan fingerprint density at radius 2 is 2.12 bits per heavy atom. The van der Waals surface area contributed by atoms with Gasteiger partial charge in [0, 0.05) is 10.6 Å². The Balaban J connectivity index is 0.000000397. The molecule has 3 N–H and O–H groups in total. The first-order chi connectivity index (χ1) is 7.02. The molecule has 1 aliphatic rings. The van der Waals surface area contributed by atoms with E-state index in [1.54, 1.807) is 0 Å². The first-order valence-corrected chi connectivity index (χ1v) is 4.82. The number of aryl methyl sites for hydroxylation is 1. The maximum Gasteiger partial charge on any atom is 1.00 e. The first-order valence-electron chi connectivity index (χ1n) is 4.44. The van der Waals surface area contributed by atoms with Crippen LogP contribution in [0.4, 0.5) is 4.79 Å². The number of carboxylic acid groups (broad SMARTS) is 1. The van der Waals surface area contributed by atoms with Gasteiger partial charge in [0.2, 0.25) is 0 Å². The summed E-state index contributed by atoms with van der Waals surface area (Å²) in [6.45, 7) is 0. The van der Waals surface area contributed by atoms with Crippen molar-refractivity contribution in [2.24, 2.45) is 5.73 Å². The standard InChI is InChI=1S/C9H9ClO.CH3NO2.Na/c10-7-3-1-2-6-4-5-8(11)9(6)7;2-1(3)4;/h1-3,8,11H,4-5H2;2H2,(H,3,4);/q;;+1/p-1. The van der Waals surface area contributed by atoms with Gasteiger partial charge in [-0.25, -0.2) is 0 Å². The average Bonchev–Trinajstić information content (AvgIpc) is 2.48. The van der Waals surface area contributed by atoms with Gasteiger partial charge in [0.05, 0.1) is 6.10 Å². The summed E-state index contributed by atoms with van der Waals surface area (Å²) in [7, 11) is 0. The van der Waals surface area contributed by atoms with Gasteiger partial charge in [-0.05, 0) is 24.5 Å². The van der Waals surface area contributed by atoms with E-state index < -0.39 is 6.09 Å². The quantitative estimate of drug-likeness (QED) is 0.505. The summed E-state index contributed by atoms with van der Waals surface area (Å²) in [6.07, 6.45) is -0.144. The number of rotatable bonds is 0. The number of aliphatic hydroxyl groups excluding tert-OH is 1. The molecule has 0 aromatic heterocycles. The molecule has 0 radical (unpaired) electrons. The van der Waals surface area contributed by atoms with Crippen LogP contribution < -0.4 is 40.4 Å². The molecule has 1 aromatic rings. The third-order valence-corrected chi connectivity index (χ3v) is 2.49. The van der Waals surface area contributed by atoms with Crippen molar-refractivity contribution in [1.29, 1.82) is 0 Å².